The summed E-state index contributed by atoms with van der Waals surface area (Å²) in [4.78, 5) is 0. The highest BCUT2D eigenvalue weighted by atomic mass is 35.5. The Balaban J connectivity index is 2.30. The Kier molecular flexibility index (Phi) is 2.11. The average molecular weight is 135 g/mol. The van der Waals surface area contributed by atoms with Crippen molar-refractivity contribution in [1.82, 2.24) is 5.32 Å². The molecule has 0 saturated carbocycles. The Bertz CT molecular complexity index is 76.8. The third-order valence-corrected chi connectivity index (χ3v) is 2.07. The second kappa shape index (κ2) is 2.67. The summed E-state index contributed by atoms with van der Waals surface area (Å²) < 4.78 is 0. The van der Waals surface area contributed by atoms with Gasteiger partial charge in [-0.3, -0.25) is 0 Å². The molecule has 2 nitrogen and oxygen atoms in total. The van der Waals surface area contributed by atoms with E-state index in [1.54, 1.807) is 0 Å². The smallest absolute Gasteiger partial charge is 0.0512 e. The first kappa shape index (κ1) is 6.33. The molecule has 1 saturated heterocycles. The lowest BCUT2D eigenvalue weighted by atomic mass is 10.1. The van der Waals surface area contributed by atoms with Gasteiger partial charge in [-0.05, 0) is 6.54 Å². The molecule has 3 heteroatoms. The summed E-state index contributed by atoms with van der Waals surface area (Å²) in [6.45, 7) is 2.62. The molecular formula is C5H11ClN2. The molecule has 1 aliphatic heterocycles. The lowest BCUT2D eigenvalue weighted by molar-refractivity contribution is 0.602. The van der Waals surface area contributed by atoms with Crippen LogP contribution in [0.1, 0.15) is 0 Å². The minimum atomic E-state index is 0.264. The van der Waals surface area contributed by atoms with Gasteiger partial charge in [0.1, 0.15) is 0 Å². The number of rotatable bonds is 1. The average Bonchev–Trinajstić information content (AvgIpc) is 2.14. The summed E-state index contributed by atoms with van der Waals surface area (Å²) in [5.41, 5.74) is 5.40. The van der Waals surface area contributed by atoms with Crippen LogP contribution in [-0.4, -0.2) is 25.0 Å². The molecule has 0 radical (unpaired) electrons. The first-order valence-electron chi connectivity index (χ1n) is 2.89. The maximum Gasteiger partial charge on any atom is 0.0512 e. The Morgan fingerprint density at radius 3 is 2.62 bits per heavy atom. The minimum Gasteiger partial charge on any atom is -0.330 e. The molecule has 0 aromatic rings. The highest BCUT2D eigenvalue weighted by Gasteiger charge is 2.22. The van der Waals surface area contributed by atoms with Crippen molar-refractivity contribution in [3.8, 4) is 0 Å². The molecule has 1 heterocycles. The molecule has 0 bridgehead atoms. The topological polar surface area (TPSA) is 38.0 Å². The Morgan fingerprint density at radius 1 is 1.62 bits per heavy atom. The molecule has 1 aliphatic rings. The molecule has 1 fully saturated rings. The largest absolute Gasteiger partial charge is 0.330 e. The second-order valence-electron chi connectivity index (χ2n) is 2.17. The monoisotopic (exact) mass is 134 g/mol. The Morgan fingerprint density at radius 2 is 2.38 bits per heavy atom. The molecule has 8 heavy (non-hydrogen) atoms. The van der Waals surface area contributed by atoms with Crippen LogP contribution in [0.5, 0.6) is 0 Å². The third kappa shape index (κ3) is 1.13. The van der Waals surface area contributed by atoms with Gasteiger partial charge in [0.2, 0.25) is 0 Å². The van der Waals surface area contributed by atoms with Gasteiger partial charge in [0.05, 0.1) is 5.38 Å². The van der Waals surface area contributed by atoms with Crippen molar-refractivity contribution in [2.75, 3.05) is 19.6 Å². The fraction of sp³-hybridized carbons (Fsp3) is 1.00. The van der Waals surface area contributed by atoms with E-state index in [9.17, 15) is 0 Å². The van der Waals surface area contributed by atoms with Gasteiger partial charge in [0.15, 0.2) is 0 Å². The molecule has 48 valence electrons. The minimum absolute atomic E-state index is 0.264. The van der Waals surface area contributed by atoms with Gasteiger partial charge in [-0.15, -0.1) is 11.6 Å². The number of hydrogen-bond donors (Lipinski definition) is 2. The van der Waals surface area contributed by atoms with Crippen LogP contribution in [0, 0.1) is 5.92 Å². The highest BCUT2D eigenvalue weighted by molar-refractivity contribution is 6.21. The van der Waals surface area contributed by atoms with E-state index >= 15 is 0 Å². The molecule has 0 aromatic carbocycles. The van der Waals surface area contributed by atoms with Crippen LogP contribution >= 0.6 is 11.6 Å². The summed E-state index contributed by atoms with van der Waals surface area (Å²) in [6, 6.07) is 0. The normalized spacial score (nSPS) is 38.2. The van der Waals surface area contributed by atoms with E-state index in [4.69, 9.17) is 17.3 Å². The third-order valence-electron chi connectivity index (χ3n) is 1.56. The fourth-order valence-electron chi connectivity index (χ4n) is 0.932. The standard InChI is InChI=1S/C5H11ClN2/c6-5-3-8-2-4(5)1-7/h4-5,8H,1-3,7H2/t4-,5+/m0/s1. The van der Waals surface area contributed by atoms with E-state index in [0.29, 0.717) is 12.5 Å². The predicted octanol–water partition coefficient (Wildman–Crippen LogP) is -0.228. The van der Waals surface area contributed by atoms with Crippen LogP contribution < -0.4 is 11.1 Å². The number of nitrogens with one attached hydrogen (secondary N) is 1. The van der Waals surface area contributed by atoms with E-state index in [1.165, 1.54) is 0 Å². The van der Waals surface area contributed by atoms with Gasteiger partial charge in [-0.2, -0.15) is 0 Å². The van der Waals surface area contributed by atoms with Gasteiger partial charge < -0.3 is 11.1 Å². The molecule has 1 rings (SSSR count). The van der Waals surface area contributed by atoms with Crippen molar-refractivity contribution >= 4 is 11.6 Å². The van der Waals surface area contributed by atoms with Gasteiger partial charge in [0.25, 0.3) is 0 Å². The van der Waals surface area contributed by atoms with Crippen molar-refractivity contribution in [3.63, 3.8) is 0 Å². The summed E-state index contributed by atoms with van der Waals surface area (Å²) in [5.74, 6) is 0.497. The summed E-state index contributed by atoms with van der Waals surface area (Å²) in [5, 5.41) is 3.42. The van der Waals surface area contributed by atoms with Gasteiger partial charge in [-0.25, -0.2) is 0 Å². The summed E-state index contributed by atoms with van der Waals surface area (Å²) >= 11 is 5.84. The molecule has 0 aliphatic carbocycles. The molecule has 0 spiro atoms. The molecule has 0 aromatic heterocycles. The zero-order chi connectivity index (χ0) is 5.98. The Hall–Kier alpha value is 0.210. The fourth-order valence-corrected chi connectivity index (χ4v) is 1.23. The SMILES string of the molecule is NC[C@H]1CNC[C@H]1Cl. The van der Waals surface area contributed by atoms with E-state index in [0.717, 1.165) is 13.1 Å². The molecule has 3 N–H and O–H groups in total. The molecule has 2 atom stereocenters. The van der Waals surface area contributed by atoms with Crippen molar-refractivity contribution in [2.24, 2.45) is 11.7 Å². The summed E-state index contributed by atoms with van der Waals surface area (Å²) in [6.07, 6.45) is 0. The summed E-state index contributed by atoms with van der Waals surface area (Å²) in [7, 11) is 0. The molecule has 0 unspecified atom stereocenters. The number of nitrogens with two attached hydrogens (primary N) is 1. The first-order chi connectivity index (χ1) is 3.84. The maximum absolute atomic E-state index is 5.84. The highest BCUT2D eigenvalue weighted by Crippen LogP contribution is 2.12. The van der Waals surface area contributed by atoms with Crippen LogP contribution in [0.2, 0.25) is 0 Å². The van der Waals surface area contributed by atoms with Crippen molar-refractivity contribution in [1.29, 1.82) is 0 Å². The zero-order valence-electron chi connectivity index (χ0n) is 4.73. The van der Waals surface area contributed by atoms with Crippen molar-refractivity contribution < 1.29 is 0 Å². The van der Waals surface area contributed by atoms with E-state index in [2.05, 4.69) is 5.32 Å². The van der Waals surface area contributed by atoms with Crippen LogP contribution in [0.4, 0.5) is 0 Å². The lowest BCUT2D eigenvalue weighted by Crippen LogP contribution is -2.22. The first-order valence-corrected chi connectivity index (χ1v) is 3.33. The maximum atomic E-state index is 5.84. The molecule has 0 amide bonds. The Labute approximate surface area is 54.4 Å². The van der Waals surface area contributed by atoms with Crippen molar-refractivity contribution in [2.45, 2.75) is 5.38 Å². The van der Waals surface area contributed by atoms with Gasteiger partial charge in [0, 0.05) is 19.0 Å². The van der Waals surface area contributed by atoms with E-state index in [-0.39, 0.29) is 5.38 Å². The second-order valence-corrected chi connectivity index (χ2v) is 2.73. The number of halogens is 1. The lowest BCUT2D eigenvalue weighted by Gasteiger charge is -2.06. The van der Waals surface area contributed by atoms with Gasteiger partial charge in [-0.1, -0.05) is 0 Å². The molecular weight excluding hydrogens is 124 g/mol. The number of alkyl halides is 1. The van der Waals surface area contributed by atoms with Crippen LogP contribution in [0.15, 0.2) is 0 Å². The van der Waals surface area contributed by atoms with E-state index < -0.39 is 0 Å². The van der Waals surface area contributed by atoms with Gasteiger partial charge >= 0.3 is 0 Å². The van der Waals surface area contributed by atoms with Crippen LogP contribution in [-0.2, 0) is 0 Å². The number of hydrogen-bond acceptors (Lipinski definition) is 2. The van der Waals surface area contributed by atoms with Crippen molar-refractivity contribution in [3.05, 3.63) is 0 Å². The van der Waals surface area contributed by atoms with Crippen LogP contribution in [0.25, 0.3) is 0 Å². The quantitative estimate of drug-likeness (QED) is 0.487. The zero-order valence-corrected chi connectivity index (χ0v) is 5.49. The predicted molar refractivity (Wildman–Crippen MR) is 35.1 cm³/mol. The van der Waals surface area contributed by atoms with Crippen LogP contribution in [0.3, 0.4) is 0 Å². The van der Waals surface area contributed by atoms with E-state index in [1.807, 2.05) is 0 Å².